The molecule has 5 N–H and O–H groups in total. The maximum Gasteiger partial charge on any atom is 0.268 e. The maximum atomic E-state index is 12.3. The molecule has 0 fully saturated rings. The van der Waals surface area contributed by atoms with E-state index in [1.54, 1.807) is 55.5 Å². The number of aliphatic hydroxyl groups is 1. The minimum absolute atomic E-state index is 0. The summed E-state index contributed by atoms with van der Waals surface area (Å²) >= 11 is 0. The molecule has 164 valence electrons. The summed E-state index contributed by atoms with van der Waals surface area (Å²) in [4.78, 5) is 35.1. The van der Waals surface area contributed by atoms with Crippen molar-refractivity contribution in [3.05, 3.63) is 65.2 Å². The number of hydrogen-bond donors (Lipinski definition) is 5. The van der Waals surface area contributed by atoms with Crippen LogP contribution in [0.5, 0.6) is 0 Å². The van der Waals surface area contributed by atoms with Crippen molar-refractivity contribution in [3.8, 4) is 11.8 Å². The van der Waals surface area contributed by atoms with Gasteiger partial charge >= 0.3 is 0 Å². The molecule has 0 spiro atoms. The van der Waals surface area contributed by atoms with Gasteiger partial charge in [-0.2, -0.15) is 0 Å². The zero-order valence-electron chi connectivity index (χ0n) is 16.6. The fourth-order valence-corrected chi connectivity index (χ4v) is 2.43. The topological polar surface area (TPSA) is 128 Å². The molecule has 0 aliphatic carbocycles. The molecule has 3 amide bonds. The molecular formula is C23H27N3O5. The first kappa shape index (κ1) is 25.4. The van der Waals surface area contributed by atoms with Crippen LogP contribution in [-0.2, 0) is 9.59 Å². The summed E-state index contributed by atoms with van der Waals surface area (Å²) in [5.74, 6) is 4.42. The van der Waals surface area contributed by atoms with Crippen molar-refractivity contribution < 1.29 is 24.7 Å². The van der Waals surface area contributed by atoms with Crippen molar-refractivity contribution in [2.75, 3.05) is 5.32 Å². The van der Waals surface area contributed by atoms with Gasteiger partial charge in [-0.15, -0.1) is 0 Å². The van der Waals surface area contributed by atoms with E-state index in [1.165, 1.54) is 12.4 Å². The Labute approximate surface area is 181 Å². The molecule has 0 aliphatic rings. The van der Waals surface area contributed by atoms with Crippen LogP contribution in [0.15, 0.2) is 48.5 Å². The van der Waals surface area contributed by atoms with Crippen molar-refractivity contribution in [2.24, 2.45) is 0 Å². The van der Waals surface area contributed by atoms with E-state index in [0.29, 0.717) is 17.7 Å². The van der Waals surface area contributed by atoms with E-state index in [9.17, 15) is 19.5 Å². The van der Waals surface area contributed by atoms with E-state index in [4.69, 9.17) is 5.21 Å². The van der Waals surface area contributed by atoms with Gasteiger partial charge in [0, 0.05) is 28.8 Å². The predicted molar refractivity (Wildman–Crippen MR) is 117 cm³/mol. The van der Waals surface area contributed by atoms with Gasteiger partial charge in [-0.3, -0.25) is 19.6 Å². The van der Waals surface area contributed by atoms with Gasteiger partial charge in [0.25, 0.3) is 11.8 Å². The summed E-state index contributed by atoms with van der Waals surface area (Å²) in [5, 5.41) is 23.4. The lowest BCUT2D eigenvalue weighted by Gasteiger charge is -2.19. The summed E-state index contributed by atoms with van der Waals surface area (Å²) < 4.78 is 0. The normalized spacial score (nSPS) is 11.6. The molecule has 0 radical (unpaired) electrons. The van der Waals surface area contributed by atoms with E-state index in [0.717, 1.165) is 5.56 Å². The average molecular weight is 425 g/mol. The minimum Gasteiger partial charge on any atom is -0.391 e. The smallest absolute Gasteiger partial charge is 0.268 e. The Kier molecular flexibility index (Phi) is 9.92. The predicted octanol–water partition coefficient (Wildman–Crippen LogP) is 2.06. The molecule has 31 heavy (non-hydrogen) atoms. The molecule has 0 heterocycles. The van der Waals surface area contributed by atoms with Gasteiger partial charge in [0.05, 0.1) is 6.10 Å². The molecule has 0 unspecified atom stereocenters. The second-order valence-electron chi connectivity index (χ2n) is 6.47. The zero-order chi connectivity index (χ0) is 22.1. The maximum absolute atomic E-state index is 12.3. The van der Waals surface area contributed by atoms with Crippen molar-refractivity contribution >= 4 is 23.4 Å². The van der Waals surface area contributed by atoms with Gasteiger partial charge in [0.2, 0.25) is 5.91 Å². The van der Waals surface area contributed by atoms with Crippen LogP contribution in [0.3, 0.4) is 0 Å². The van der Waals surface area contributed by atoms with E-state index >= 15 is 0 Å². The molecule has 0 aromatic heterocycles. The average Bonchev–Trinajstić information content (AvgIpc) is 2.76. The van der Waals surface area contributed by atoms with Crippen LogP contribution in [0.2, 0.25) is 0 Å². The SMILES string of the molecule is C.CCC(=O)Nc1ccc(C#Cc2ccc(C(=O)N[C@H](C(=O)NO)[C@@H](C)O)cc2)cc1. The van der Waals surface area contributed by atoms with Crippen molar-refractivity contribution in [2.45, 2.75) is 39.8 Å². The van der Waals surface area contributed by atoms with Crippen LogP contribution < -0.4 is 16.1 Å². The highest BCUT2D eigenvalue weighted by Crippen LogP contribution is 2.10. The number of carbonyl (C=O) groups is 3. The number of rotatable bonds is 6. The molecule has 0 saturated carbocycles. The molecule has 0 bridgehead atoms. The molecule has 8 heteroatoms. The molecule has 0 aliphatic heterocycles. The summed E-state index contributed by atoms with van der Waals surface area (Å²) in [6.45, 7) is 3.10. The standard InChI is InChI=1S/C22H23N3O5.CH4/c1-3-19(27)23-18-12-8-16(9-13-18)5-4-15-6-10-17(11-7-15)21(28)24-20(14(2)26)22(29)25-30;/h6-14,20,26,30H,3H2,1-2H3,(H,23,27)(H,24,28)(H,25,29);1H4/t14-,20+;/m1./s1. The van der Waals surface area contributed by atoms with E-state index in [-0.39, 0.29) is 18.9 Å². The number of amides is 3. The van der Waals surface area contributed by atoms with Gasteiger partial charge in [0.1, 0.15) is 6.04 Å². The first-order chi connectivity index (χ1) is 14.3. The van der Waals surface area contributed by atoms with Gasteiger partial charge in [-0.05, 0) is 55.5 Å². The number of hydroxylamine groups is 1. The fourth-order valence-electron chi connectivity index (χ4n) is 2.43. The second-order valence-corrected chi connectivity index (χ2v) is 6.47. The Morgan fingerprint density at radius 1 is 0.968 bits per heavy atom. The highest BCUT2D eigenvalue weighted by molar-refractivity contribution is 5.97. The lowest BCUT2D eigenvalue weighted by molar-refractivity contribution is -0.133. The van der Waals surface area contributed by atoms with Gasteiger partial charge in [0.15, 0.2) is 0 Å². The number of carbonyl (C=O) groups excluding carboxylic acids is 3. The van der Waals surface area contributed by atoms with Crippen LogP contribution in [-0.4, -0.2) is 40.2 Å². The minimum atomic E-state index is -1.29. The van der Waals surface area contributed by atoms with Crippen LogP contribution in [0.4, 0.5) is 5.69 Å². The molecule has 8 nitrogen and oxygen atoms in total. The summed E-state index contributed by atoms with van der Waals surface area (Å²) in [6.07, 6.45) is -0.780. The van der Waals surface area contributed by atoms with Gasteiger partial charge in [-0.25, -0.2) is 5.48 Å². The highest BCUT2D eigenvalue weighted by atomic mass is 16.5. The summed E-state index contributed by atoms with van der Waals surface area (Å²) in [7, 11) is 0. The Bertz CT molecular complexity index is 957. The van der Waals surface area contributed by atoms with Crippen molar-refractivity contribution in [1.29, 1.82) is 0 Å². The van der Waals surface area contributed by atoms with E-state index in [2.05, 4.69) is 22.5 Å². The third-order valence-electron chi connectivity index (χ3n) is 4.15. The quantitative estimate of drug-likeness (QED) is 0.275. The zero-order valence-corrected chi connectivity index (χ0v) is 16.6. The molecule has 2 rings (SSSR count). The molecule has 2 aromatic rings. The number of nitrogens with one attached hydrogen (secondary N) is 3. The Morgan fingerprint density at radius 3 is 1.94 bits per heavy atom. The monoisotopic (exact) mass is 425 g/mol. The van der Waals surface area contributed by atoms with Gasteiger partial charge < -0.3 is 15.7 Å². The molecule has 0 saturated heterocycles. The third-order valence-corrected chi connectivity index (χ3v) is 4.15. The molecular weight excluding hydrogens is 398 g/mol. The van der Waals surface area contributed by atoms with Crippen molar-refractivity contribution in [3.63, 3.8) is 0 Å². The first-order valence-electron chi connectivity index (χ1n) is 9.29. The lowest BCUT2D eigenvalue weighted by Crippen LogP contribution is -2.51. The summed E-state index contributed by atoms with van der Waals surface area (Å²) in [5.41, 5.74) is 3.82. The van der Waals surface area contributed by atoms with Crippen LogP contribution in [0, 0.1) is 11.8 Å². The van der Waals surface area contributed by atoms with E-state index in [1.807, 2.05) is 0 Å². The van der Waals surface area contributed by atoms with Crippen LogP contribution in [0.1, 0.15) is 49.2 Å². The van der Waals surface area contributed by atoms with E-state index < -0.39 is 24.0 Å². The molecule has 2 atom stereocenters. The Morgan fingerprint density at radius 2 is 1.48 bits per heavy atom. The lowest BCUT2D eigenvalue weighted by atomic mass is 10.1. The number of anilines is 1. The largest absolute Gasteiger partial charge is 0.391 e. The number of aliphatic hydroxyl groups excluding tert-OH is 1. The fraction of sp³-hybridized carbons (Fsp3) is 0.261. The Hall–Kier alpha value is -3.67. The van der Waals surface area contributed by atoms with Gasteiger partial charge in [-0.1, -0.05) is 26.2 Å². The second kappa shape index (κ2) is 12.1. The first-order valence-corrected chi connectivity index (χ1v) is 9.29. The summed E-state index contributed by atoms with van der Waals surface area (Å²) in [6, 6.07) is 12.2. The van der Waals surface area contributed by atoms with Crippen LogP contribution in [0.25, 0.3) is 0 Å². The number of benzene rings is 2. The number of hydrogen-bond acceptors (Lipinski definition) is 5. The third kappa shape index (κ3) is 7.59. The van der Waals surface area contributed by atoms with Crippen LogP contribution >= 0.6 is 0 Å². The highest BCUT2D eigenvalue weighted by Gasteiger charge is 2.25. The molecule has 2 aromatic carbocycles. The van der Waals surface area contributed by atoms with Crippen molar-refractivity contribution in [1.82, 2.24) is 10.8 Å². The Balaban J connectivity index is 0.00000480.